The Hall–Kier alpha value is -1.54. The topological polar surface area (TPSA) is 66.8 Å². The Morgan fingerprint density at radius 3 is 2.11 bits per heavy atom. The second kappa shape index (κ2) is 8.06. The van der Waals surface area contributed by atoms with Gasteiger partial charge in [-0.15, -0.1) is 0 Å². The lowest BCUT2D eigenvalue weighted by molar-refractivity contribution is -0.109. The first kappa shape index (κ1) is 22.7. The molecule has 0 spiro atoms. The van der Waals surface area contributed by atoms with Crippen molar-refractivity contribution in [2.75, 3.05) is 12.7 Å². The monoisotopic (exact) mass is 417 g/mol. The minimum Gasteiger partial charge on any atom is -0.444 e. The van der Waals surface area contributed by atoms with E-state index in [-0.39, 0.29) is 0 Å². The van der Waals surface area contributed by atoms with Crippen molar-refractivity contribution in [2.45, 2.75) is 75.1 Å². The molecule has 1 aliphatic carbocycles. The number of ether oxygens (including phenoxy) is 1. The summed E-state index contributed by atoms with van der Waals surface area (Å²) in [4.78, 5) is 14.2. The van der Waals surface area contributed by atoms with Gasteiger partial charge in [-0.1, -0.05) is 12.1 Å². The summed E-state index contributed by atoms with van der Waals surface area (Å²) in [5.41, 5.74) is -2.35. The maximum absolute atomic E-state index is 14.3. The standard InChI is InChI=1S/C20H29F2NO4S/c1-18(2,3)27-17(24)23(19(4,5)25)16(12-21)20(10-11-20)14-6-8-15(9-7-14)28(26)13-22/h6-9,16,25H,10-13H2,1-5H3/t16-,28?/m0/s1. The molecule has 8 heteroatoms. The molecule has 0 radical (unpaired) electrons. The molecule has 0 heterocycles. The molecule has 1 fully saturated rings. The Bertz CT molecular complexity index is 721. The number of rotatable bonds is 7. The van der Waals surface area contributed by atoms with Crippen LogP contribution in [0, 0.1) is 0 Å². The molecule has 1 aromatic rings. The lowest BCUT2D eigenvalue weighted by Gasteiger charge is -2.43. The summed E-state index contributed by atoms with van der Waals surface area (Å²) in [6.45, 7) is 7.09. The van der Waals surface area contributed by atoms with Gasteiger partial charge in [0.05, 0.1) is 16.8 Å². The Morgan fingerprint density at radius 1 is 1.21 bits per heavy atom. The molecule has 2 rings (SSSR count). The van der Waals surface area contributed by atoms with E-state index in [9.17, 15) is 22.9 Å². The van der Waals surface area contributed by atoms with Gasteiger partial charge in [-0.2, -0.15) is 0 Å². The third-order valence-corrected chi connectivity index (χ3v) is 5.85. The zero-order chi connectivity index (χ0) is 21.3. The molecule has 0 aromatic heterocycles. The average molecular weight is 418 g/mol. The van der Waals surface area contributed by atoms with Crippen LogP contribution in [-0.2, 0) is 21.0 Å². The molecule has 1 aromatic carbocycles. The van der Waals surface area contributed by atoms with Gasteiger partial charge in [-0.3, -0.25) is 9.11 Å². The van der Waals surface area contributed by atoms with E-state index in [1.807, 2.05) is 0 Å². The first-order valence-electron chi connectivity index (χ1n) is 9.21. The molecule has 28 heavy (non-hydrogen) atoms. The molecule has 1 N–H and O–H groups in total. The highest BCUT2D eigenvalue weighted by Gasteiger charge is 2.56. The van der Waals surface area contributed by atoms with Crippen molar-refractivity contribution in [3.8, 4) is 0 Å². The number of hydrogen-bond acceptors (Lipinski definition) is 4. The van der Waals surface area contributed by atoms with Crippen LogP contribution in [0.3, 0.4) is 0 Å². The zero-order valence-corrected chi connectivity index (χ0v) is 17.8. The van der Waals surface area contributed by atoms with Crippen LogP contribution < -0.4 is 0 Å². The van der Waals surface area contributed by atoms with E-state index in [2.05, 4.69) is 0 Å². The Morgan fingerprint density at radius 2 is 1.75 bits per heavy atom. The Labute approximate surface area is 167 Å². The predicted octanol–water partition coefficient (Wildman–Crippen LogP) is 4.06. The third-order valence-electron chi connectivity index (χ3n) is 4.86. The van der Waals surface area contributed by atoms with Crippen molar-refractivity contribution >= 4 is 16.9 Å². The zero-order valence-electron chi connectivity index (χ0n) is 17.0. The normalized spacial score (nSPS) is 18.3. The second-order valence-electron chi connectivity index (χ2n) is 8.65. The first-order chi connectivity index (χ1) is 12.9. The van der Waals surface area contributed by atoms with Crippen molar-refractivity contribution in [3.63, 3.8) is 0 Å². The van der Waals surface area contributed by atoms with E-state index < -0.39 is 52.4 Å². The summed E-state index contributed by atoms with van der Waals surface area (Å²) in [5.74, 6) is 0. The molecular weight excluding hydrogens is 388 g/mol. The van der Waals surface area contributed by atoms with Gasteiger partial charge in [0.2, 0.25) is 0 Å². The highest BCUT2D eigenvalue weighted by Crippen LogP contribution is 2.53. The number of benzene rings is 1. The summed E-state index contributed by atoms with van der Waals surface area (Å²) in [6.07, 6.45) is 0.467. The lowest BCUT2D eigenvalue weighted by atomic mass is 9.86. The van der Waals surface area contributed by atoms with E-state index >= 15 is 0 Å². The number of aliphatic hydroxyl groups is 1. The molecule has 1 aliphatic rings. The summed E-state index contributed by atoms with van der Waals surface area (Å²) in [7, 11) is -1.72. The maximum Gasteiger partial charge on any atom is 0.412 e. The van der Waals surface area contributed by atoms with Gasteiger partial charge >= 0.3 is 6.09 Å². The predicted molar refractivity (Wildman–Crippen MR) is 104 cm³/mol. The van der Waals surface area contributed by atoms with E-state index in [4.69, 9.17) is 4.74 Å². The van der Waals surface area contributed by atoms with Crippen molar-refractivity contribution in [2.24, 2.45) is 0 Å². The molecule has 1 unspecified atom stereocenters. The van der Waals surface area contributed by atoms with Gasteiger partial charge in [0.25, 0.3) is 0 Å². The number of alkyl halides is 2. The summed E-state index contributed by atoms with van der Waals surface area (Å²) in [6, 6.07) is 4.60. The first-order valence-corrected chi connectivity index (χ1v) is 10.5. The van der Waals surface area contributed by atoms with Crippen LogP contribution >= 0.6 is 0 Å². The molecule has 0 saturated heterocycles. The SMILES string of the molecule is CC(C)(C)OC(=O)N([C@@H](CF)C1(c2ccc(S(=O)CF)cc2)CC1)C(C)(C)O. The smallest absolute Gasteiger partial charge is 0.412 e. The minimum atomic E-state index is -1.72. The van der Waals surface area contributed by atoms with Crippen molar-refractivity contribution in [1.29, 1.82) is 0 Å². The summed E-state index contributed by atoms with van der Waals surface area (Å²) >= 11 is 0. The van der Waals surface area contributed by atoms with Gasteiger partial charge in [0.15, 0.2) is 6.01 Å². The van der Waals surface area contributed by atoms with Crippen LogP contribution in [0.1, 0.15) is 53.0 Å². The fourth-order valence-electron chi connectivity index (χ4n) is 3.46. The highest BCUT2D eigenvalue weighted by molar-refractivity contribution is 7.84. The fourth-order valence-corrected chi connectivity index (χ4v) is 4.02. The molecular formula is C20H29F2NO4S. The number of carbonyl (C=O) groups excluding carboxylic acids is 1. The van der Waals surface area contributed by atoms with E-state index in [0.717, 1.165) is 10.5 Å². The highest BCUT2D eigenvalue weighted by atomic mass is 32.2. The number of halogens is 2. The van der Waals surface area contributed by atoms with Gasteiger partial charge in [-0.25, -0.2) is 13.6 Å². The quantitative estimate of drug-likeness (QED) is 0.680. The largest absolute Gasteiger partial charge is 0.444 e. The molecule has 1 amide bonds. The molecule has 5 nitrogen and oxygen atoms in total. The number of nitrogens with zero attached hydrogens (tertiary/aromatic N) is 1. The lowest BCUT2D eigenvalue weighted by Crippen LogP contribution is -2.59. The Balaban J connectivity index is 2.39. The van der Waals surface area contributed by atoms with Gasteiger partial charge in [0, 0.05) is 10.3 Å². The molecule has 0 aliphatic heterocycles. The maximum atomic E-state index is 14.3. The van der Waals surface area contributed by atoms with E-state index in [0.29, 0.717) is 17.7 Å². The average Bonchev–Trinajstić information content (AvgIpc) is 3.37. The molecule has 158 valence electrons. The fraction of sp³-hybridized carbons (Fsp3) is 0.650. The summed E-state index contributed by atoms with van der Waals surface area (Å²) in [5, 5.41) is 10.6. The van der Waals surface area contributed by atoms with Crippen molar-refractivity contribution in [1.82, 2.24) is 4.90 Å². The molecule has 2 atom stereocenters. The summed E-state index contributed by atoms with van der Waals surface area (Å²) < 4.78 is 43.9. The minimum absolute atomic E-state index is 0.352. The van der Waals surface area contributed by atoms with Gasteiger partial charge in [-0.05, 0) is 65.2 Å². The van der Waals surface area contributed by atoms with Crippen LogP contribution in [0.15, 0.2) is 29.2 Å². The van der Waals surface area contributed by atoms with Crippen molar-refractivity contribution in [3.05, 3.63) is 29.8 Å². The molecule has 0 bridgehead atoms. The van der Waals surface area contributed by atoms with Crippen LogP contribution in [-0.4, -0.2) is 50.4 Å². The van der Waals surface area contributed by atoms with Crippen LogP contribution in [0.5, 0.6) is 0 Å². The van der Waals surface area contributed by atoms with Crippen molar-refractivity contribution < 1.29 is 27.6 Å². The number of amides is 1. The van der Waals surface area contributed by atoms with Crippen LogP contribution in [0.25, 0.3) is 0 Å². The van der Waals surface area contributed by atoms with E-state index in [1.165, 1.54) is 13.8 Å². The van der Waals surface area contributed by atoms with E-state index in [1.54, 1.807) is 45.0 Å². The Kier molecular flexibility index (Phi) is 6.55. The second-order valence-corrected chi connectivity index (χ2v) is 10.0. The van der Waals surface area contributed by atoms with Gasteiger partial charge < -0.3 is 9.84 Å². The van der Waals surface area contributed by atoms with Crippen LogP contribution in [0.4, 0.5) is 13.6 Å². The van der Waals surface area contributed by atoms with Gasteiger partial charge in [0.1, 0.15) is 18.0 Å². The number of carbonyl (C=O) groups is 1. The molecule has 1 saturated carbocycles. The van der Waals surface area contributed by atoms with Crippen LogP contribution in [0.2, 0.25) is 0 Å². The number of hydrogen-bond donors (Lipinski definition) is 1. The third kappa shape index (κ3) is 4.89.